The van der Waals surface area contributed by atoms with E-state index in [-0.39, 0.29) is 30.7 Å². The average Bonchev–Trinajstić information content (AvgIpc) is 3.14. The highest BCUT2D eigenvalue weighted by molar-refractivity contribution is 5.93. The molecule has 0 aromatic heterocycles. The van der Waals surface area contributed by atoms with Crippen molar-refractivity contribution in [2.45, 2.75) is 45.2 Å². The molecule has 0 aliphatic carbocycles. The highest BCUT2D eigenvalue weighted by atomic mass is 19.2. The van der Waals surface area contributed by atoms with Crippen LogP contribution in [0, 0.1) is 35.1 Å². The first-order valence-corrected chi connectivity index (χ1v) is 10.5. The third-order valence-electron chi connectivity index (χ3n) is 5.14. The number of amides is 3. The van der Waals surface area contributed by atoms with E-state index in [9.17, 15) is 36.7 Å². The van der Waals surface area contributed by atoms with E-state index in [4.69, 9.17) is 9.84 Å². The van der Waals surface area contributed by atoms with Crippen LogP contribution in [0.25, 0.3) is 0 Å². The lowest BCUT2D eigenvalue weighted by Gasteiger charge is -2.24. The lowest BCUT2D eigenvalue weighted by Crippen LogP contribution is -2.53. The molecule has 0 saturated carbocycles. The van der Waals surface area contributed by atoms with Crippen molar-refractivity contribution in [1.82, 2.24) is 16.0 Å². The molecule has 1 aliphatic rings. The minimum absolute atomic E-state index is 0.0224. The first-order chi connectivity index (χ1) is 15.9. The summed E-state index contributed by atoms with van der Waals surface area (Å²) in [5.41, 5.74) is 0. The van der Waals surface area contributed by atoms with Gasteiger partial charge in [-0.1, -0.05) is 13.8 Å². The monoisotopic (exact) mass is 491 g/mol. The van der Waals surface area contributed by atoms with E-state index in [2.05, 4.69) is 10.6 Å². The number of nitrogens with one attached hydrogen (secondary N) is 3. The van der Waals surface area contributed by atoms with Gasteiger partial charge in [0.25, 0.3) is 0 Å². The van der Waals surface area contributed by atoms with E-state index < -0.39 is 71.4 Å². The molecular formula is C21H25F4N3O6. The molecule has 3 atom stereocenters. The molecule has 13 heteroatoms. The quantitative estimate of drug-likeness (QED) is 0.276. The summed E-state index contributed by atoms with van der Waals surface area (Å²) in [4.78, 5) is 48.5. The number of hydrogen-bond donors (Lipinski definition) is 4. The van der Waals surface area contributed by atoms with E-state index in [1.54, 1.807) is 13.8 Å². The van der Waals surface area contributed by atoms with Crippen molar-refractivity contribution < 1.29 is 46.6 Å². The average molecular weight is 491 g/mol. The van der Waals surface area contributed by atoms with Crippen molar-refractivity contribution in [3.8, 4) is 5.75 Å². The maximum atomic E-state index is 13.8. The molecule has 1 fully saturated rings. The number of Topliss-reactive ketones (excluding diaryl/α,β-unsaturated/α-hetero) is 1. The van der Waals surface area contributed by atoms with Gasteiger partial charge in [0.15, 0.2) is 23.2 Å². The Kier molecular flexibility index (Phi) is 9.21. The van der Waals surface area contributed by atoms with Crippen LogP contribution in [0.3, 0.4) is 0 Å². The lowest BCUT2D eigenvalue weighted by molar-refractivity contribution is -0.131. The van der Waals surface area contributed by atoms with Crippen LogP contribution in [0.1, 0.15) is 33.1 Å². The molecule has 1 heterocycles. The molecule has 2 rings (SSSR count). The Balaban J connectivity index is 2.21. The van der Waals surface area contributed by atoms with Gasteiger partial charge in [0.05, 0.1) is 6.04 Å². The minimum Gasteiger partial charge on any atom is -0.479 e. The fourth-order valence-electron chi connectivity index (χ4n) is 3.47. The third kappa shape index (κ3) is 7.06. The SMILES string of the molecule is CC(C)C[C@H](NC(=O)O)C(=O)N[C@@H](C[C@@H]1CCNC1=O)C(=O)COc1c(F)c(F)cc(F)c1F. The molecule has 0 radical (unpaired) electrons. The van der Waals surface area contributed by atoms with Crippen LogP contribution in [-0.4, -0.2) is 54.0 Å². The molecule has 0 spiro atoms. The minimum atomic E-state index is -1.84. The van der Waals surface area contributed by atoms with Crippen molar-refractivity contribution >= 4 is 23.7 Å². The van der Waals surface area contributed by atoms with Crippen molar-refractivity contribution in [2.24, 2.45) is 11.8 Å². The fraction of sp³-hybridized carbons (Fsp3) is 0.524. The Morgan fingerprint density at radius 1 is 1.12 bits per heavy atom. The molecule has 9 nitrogen and oxygen atoms in total. The van der Waals surface area contributed by atoms with Crippen molar-refractivity contribution in [2.75, 3.05) is 13.2 Å². The van der Waals surface area contributed by atoms with E-state index >= 15 is 0 Å². The van der Waals surface area contributed by atoms with E-state index in [1.165, 1.54) is 0 Å². The first kappa shape index (κ1) is 26.9. The van der Waals surface area contributed by atoms with Gasteiger partial charge in [-0.3, -0.25) is 14.4 Å². The zero-order chi connectivity index (χ0) is 25.6. The van der Waals surface area contributed by atoms with Crippen LogP contribution in [0.15, 0.2) is 6.07 Å². The standard InChI is InChI=1S/C21H25F4N3O6/c1-9(2)5-14(28-21(32)33)20(31)27-13(6-10-3-4-26-19(10)30)15(29)8-34-18-16(24)11(22)7-12(23)17(18)25/h7,9-10,13-14,28H,3-6,8H2,1-2H3,(H,26,30)(H,27,31)(H,32,33)/t10-,13-,14-/m0/s1. The van der Waals surface area contributed by atoms with Gasteiger partial charge in [-0.15, -0.1) is 0 Å². The summed E-state index contributed by atoms with van der Waals surface area (Å²) in [6, 6.07) is -2.65. The van der Waals surface area contributed by atoms with Crippen molar-refractivity contribution in [1.29, 1.82) is 0 Å². The van der Waals surface area contributed by atoms with Crippen LogP contribution < -0.4 is 20.7 Å². The molecule has 0 bridgehead atoms. The number of halogens is 4. The predicted octanol–water partition coefficient (Wildman–Crippen LogP) is 1.88. The second-order valence-corrected chi connectivity index (χ2v) is 8.26. The highest BCUT2D eigenvalue weighted by Gasteiger charge is 2.34. The van der Waals surface area contributed by atoms with Gasteiger partial charge >= 0.3 is 6.09 Å². The molecule has 0 unspecified atom stereocenters. The van der Waals surface area contributed by atoms with Crippen molar-refractivity contribution in [3.63, 3.8) is 0 Å². The summed E-state index contributed by atoms with van der Waals surface area (Å²) in [5.74, 6) is -11.6. The first-order valence-electron chi connectivity index (χ1n) is 10.5. The van der Waals surface area contributed by atoms with Gasteiger partial charge in [0.2, 0.25) is 23.4 Å². The second kappa shape index (κ2) is 11.7. The number of benzene rings is 1. The number of rotatable bonds is 11. The Hall–Kier alpha value is -3.38. The van der Waals surface area contributed by atoms with Gasteiger partial charge in [-0.05, 0) is 25.2 Å². The van der Waals surface area contributed by atoms with Crippen LogP contribution in [0.2, 0.25) is 0 Å². The zero-order valence-electron chi connectivity index (χ0n) is 18.4. The van der Waals surface area contributed by atoms with E-state index in [0.29, 0.717) is 13.0 Å². The number of carboxylic acid groups (broad SMARTS) is 1. The largest absolute Gasteiger partial charge is 0.479 e. The van der Waals surface area contributed by atoms with Gasteiger partial charge in [0.1, 0.15) is 12.6 Å². The summed E-state index contributed by atoms with van der Waals surface area (Å²) in [6.45, 7) is 2.73. The normalized spacial score (nSPS) is 17.1. The summed E-state index contributed by atoms with van der Waals surface area (Å²) in [6.07, 6.45) is -1.23. The number of ketones is 1. The zero-order valence-corrected chi connectivity index (χ0v) is 18.4. The lowest BCUT2D eigenvalue weighted by atomic mass is 9.95. The summed E-state index contributed by atoms with van der Waals surface area (Å²) in [7, 11) is 0. The van der Waals surface area contributed by atoms with Gasteiger partial charge < -0.3 is 25.8 Å². The van der Waals surface area contributed by atoms with Gasteiger partial charge in [-0.2, -0.15) is 8.78 Å². The van der Waals surface area contributed by atoms with Crippen molar-refractivity contribution in [3.05, 3.63) is 29.3 Å². The molecular weight excluding hydrogens is 466 g/mol. The molecule has 1 saturated heterocycles. The molecule has 1 aromatic carbocycles. The summed E-state index contributed by atoms with van der Waals surface area (Å²) >= 11 is 0. The predicted molar refractivity (Wildman–Crippen MR) is 109 cm³/mol. The number of hydrogen-bond acceptors (Lipinski definition) is 5. The molecule has 1 aliphatic heterocycles. The Labute approximate surface area is 192 Å². The summed E-state index contributed by atoms with van der Waals surface area (Å²) < 4.78 is 59.1. The number of ether oxygens (including phenoxy) is 1. The third-order valence-corrected chi connectivity index (χ3v) is 5.14. The van der Waals surface area contributed by atoms with E-state index in [1.807, 2.05) is 5.32 Å². The molecule has 3 amide bonds. The molecule has 1 aromatic rings. The van der Waals surface area contributed by atoms with Crippen LogP contribution in [0.5, 0.6) is 5.75 Å². The summed E-state index contributed by atoms with van der Waals surface area (Å²) in [5, 5.41) is 16.0. The van der Waals surface area contributed by atoms with Crippen LogP contribution >= 0.6 is 0 Å². The maximum Gasteiger partial charge on any atom is 0.405 e. The number of carbonyl (C=O) groups is 4. The van der Waals surface area contributed by atoms with Gasteiger partial charge in [-0.25, -0.2) is 13.6 Å². The van der Waals surface area contributed by atoms with Crippen LogP contribution in [-0.2, 0) is 14.4 Å². The molecule has 188 valence electrons. The Bertz CT molecular complexity index is 933. The fourth-order valence-corrected chi connectivity index (χ4v) is 3.47. The molecule has 34 heavy (non-hydrogen) atoms. The van der Waals surface area contributed by atoms with Gasteiger partial charge in [0, 0.05) is 18.5 Å². The topological polar surface area (TPSA) is 134 Å². The maximum absolute atomic E-state index is 13.8. The Morgan fingerprint density at radius 3 is 2.24 bits per heavy atom. The Morgan fingerprint density at radius 2 is 1.74 bits per heavy atom. The van der Waals surface area contributed by atoms with Crippen LogP contribution in [0.4, 0.5) is 22.4 Å². The highest BCUT2D eigenvalue weighted by Crippen LogP contribution is 2.26. The second-order valence-electron chi connectivity index (χ2n) is 8.26. The number of carbonyl (C=O) groups excluding carboxylic acids is 3. The van der Waals surface area contributed by atoms with E-state index in [0.717, 1.165) is 0 Å². The molecule has 4 N–H and O–H groups in total. The smallest absolute Gasteiger partial charge is 0.405 e.